The van der Waals surface area contributed by atoms with E-state index in [-0.39, 0.29) is 0 Å². The van der Waals surface area contributed by atoms with Crippen molar-refractivity contribution < 1.29 is 0 Å². The first-order valence-electron chi connectivity index (χ1n) is 6.17. The topological polar surface area (TPSA) is 56.5 Å². The minimum absolute atomic E-state index is 0.838. The molecule has 0 aliphatic carbocycles. The maximum absolute atomic E-state index is 4.52. The summed E-state index contributed by atoms with van der Waals surface area (Å²) in [5.41, 5.74) is 3.07. The summed E-state index contributed by atoms with van der Waals surface area (Å²) in [5.74, 6) is 0.838. The number of rotatable bonds is 2. The van der Waals surface area contributed by atoms with Gasteiger partial charge >= 0.3 is 0 Å². The minimum atomic E-state index is 0.838. The fraction of sp³-hybridized carbons (Fsp3) is 0. The summed E-state index contributed by atoms with van der Waals surface area (Å²) < 4.78 is 0. The van der Waals surface area contributed by atoms with Gasteiger partial charge < -0.3 is 15.3 Å². The molecule has 3 aromatic heterocycles. The second kappa shape index (κ2) is 3.88. The van der Waals surface area contributed by atoms with Gasteiger partial charge in [0.1, 0.15) is 11.5 Å². The van der Waals surface area contributed by atoms with Gasteiger partial charge in [0.25, 0.3) is 0 Å². The Bertz CT molecular complexity index is 784. The molecule has 0 aliphatic rings. The highest BCUT2D eigenvalue weighted by atomic mass is 15.0. The van der Waals surface area contributed by atoms with Crippen LogP contribution in [0.15, 0.2) is 54.9 Å². The van der Waals surface area contributed by atoms with E-state index in [1.54, 1.807) is 0 Å². The molecule has 0 saturated heterocycles. The van der Waals surface area contributed by atoms with Gasteiger partial charge in [-0.05, 0) is 42.5 Å². The zero-order valence-electron chi connectivity index (χ0n) is 10.1. The summed E-state index contributed by atoms with van der Waals surface area (Å²) in [5, 5.41) is 5.63. The van der Waals surface area contributed by atoms with E-state index in [0.29, 0.717) is 0 Å². The molecular formula is C15H12N4. The van der Waals surface area contributed by atoms with E-state index in [1.165, 1.54) is 5.39 Å². The first-order chi connectivity index (χ1) is 9.38. The highest BCUT2D eigenvalue weighted by Gasteiger charge is 2.01. The Hall–Kier alpha value is -2.75. The molecule has 3 N–H and O–H groups in total. The molecule has 92 valence electrons. The monoisotopic (exact) mass is 248 g/mol. The zero-order chi connectivity index (χ0) is 12.7. The van der Waals surface area contributed by atoms with Crippen molar-refractivity contribution in [2.24, 2.45) is 0 Å². The average Bonchev–Trinajstić information content (AvgIpc) is 3.05. The number of anilines is 2. The number of pyridine rings is 1. The third-order valence-corrected chi connectivity index (χ3v) is 3.24. The highest BCUT2D eigenvalue weighted by Crippen LogP contribution is 2.22. The molecule has 0 unspecified atom stereocenters. The molecule has 19 heavy (non-hydrogen) atoms. The van der Waals surface area contributed by atoms with Crippen LogP contribution in [-0.4, -0.2) is 15.0 Å². The molecule has 3 heterocycles. The van der Waals surface area contributed by atoms with Crippen LogP contribution in [0.5, 0.6) is 0 Å². The quantitative estimate of drug-likeness (QED) is 0.505. The van der Waals surface area contributed by atoms with Crippen LogP contribution in [0.1, 0.15) is 0 Å². The van der Waals surface area contributed by atoms with Crippen LogP contribution in [0.3, 0.4) is 0 Å². The summed E-state index contributed by atoms with van der Waals surface area (Å²) in [6.45, 7) is 0. The standard InChI is InChI=1S/C15H12N4/c1-4-14(19-15-10(1)5-8-17-15)18-12-2-3-13-11(9-12)6-7-16-13/h1-9,16H,(H2,17,18,19). The molecule has 1 aromatic carbocycles. The number of hydrogen-bond acceptors (Lipinski definition) is 2. The average molecular weight is 248 g/mol. The van der Waals surface area contributed by atoms with E-state index < -0.39 is 0 Å². The van der Waals surface area contributed by atoms with Gasteiger partial charge in [-0.2, -0.15) is 0 Å². The third-order valence-electron chi connectivity index (χ3n) is 3.24. The largest absolute Gasteiger partial charge is 0.361 e. The number of nitrogens with zero attached hydrogens (tertiary/aromatic N) is 1. The van der Waals surface area contributed by atoms with Gasteiger partial charge in [0.15, 0.2) is 0 Å². The molecule has 4 aromatic rings. The first kappa shape index (κ1) is 10.2. The van der Waals surface area contributed by atoms with Gasteiger partial charge in [-0.3, -0.25) is 0 Å². The summed E-state index contributed by atoms with van der Waals surface area (Å²) in [7, 11) is 0. The van der Waals surface area contributed by atoms with Crippen LogP contribution in [0.2, 0.25) is 0 Å². The van der Waals surface area contributed by atoms with Gasteiger partial charge in [-0.25, -0.2) is 4.98 Å². The Morgan fingerprint density at radius 2 is 1.74 bits per heavy atom. The molecule has 4 nitrogen and oxygen atoms in total. The predicted molar refractivity (Wildman–Crippen MR) is 77.7 cm³/mol. The highest BCUT2D eigenvalue weighted by molar-refractivity contribution is 5.84. The molecule has 0 saturated carbocycles. The van der Waals surface area contributed by atoms with Crippen molar-refractivity contribution in [1.82, 2.24) is 15.0 Å². The Balaban J connectivity index is 1.72. The molecule has 0 atom stereocenters. The van der Waals surface area contributed by atoms with Gasteiger partial charge in [0.05, 0.1) is 0 Å². The van der Waals surface area contributed by atoms with E-state index in [9.17, 15) is 0 Å². The number of aromatic amines is 2. The van der Waals surface area contributed by atoms with Crippen LogP contribution in [-0.2, 0) is 0 Å². The van der Waals surface area contributed by atoms with Crippen LogP contribution in [0.4, 0.5) is 11.5 Å². The predicted octanol–water partition coefficient (Wildman–Crippen LogP) is 3.79. The summed E-state index contributed by atoms with van der Waals surface area (Å²) >= 11 is 0. The molecule has 0 aliphatic heterocycles. The smallest absolute Gasteiger partial charge is 0.139 e. The number of nitrogens with one attached hydrogen (secondary N) is 3. The fourth-order valence-corrected chi connectivity index (χ4v) is 2.28. The van der Waals surface area contributed by atoms with E-state index in [0.717, 1.165) is 28.1 Å². The van der Waals surface area contributed by atoms with Crippen molar-refractivity contribution in [3.8, 4) is 0 Å². The number of hydrogen-bond donors (Lipinski definition) is 3. The van der Waals surface area contributed by atoms with Crippen molar-refractivity contribution in [2.45, 2.75) is 0 Å². The molecule has 0 radical (unpaired) electrons. The maximum Gasteiger partial charge on any atom is 0.139 e. The SMILES string of the molecule is c1cc2cc(Nc3ccc4cc[nH]c4n3)ccc2[nH]1. The van der Waals surface area contributed by atoms with Crippen molar-refractivity contribution in [2.75, 3.05) is 5.32 Å². The summed E-state index contributed by atoms with van der Waals surface area (Å²) in [6.07, 6.45) is 3.84. The lowest BCUT2D eigenvalue weighted by atomic mass is 10.2. The van der Waals surface area contributed by atoms with E-state index in [2.05, 4.69) is 44.5 Å². The molecule has 0 fully saturated rings. The number of H-pyrrole nitrogens is 2. The van der Waals surface area contributed by atoms with Gasteiger partial charge in [-0.1, -0.05) is 0 Å². The van der Waals surface area contributed by atoms with Gasteiger partial charge in [0, 0.05) is 34.4 Å². The number of benzene rings is 1. The van der Waals surface area contributed by atoms with Gasteiger partial charge in [0.2, 0.25) is 0 Å². The van der Waals surface area contributed by atoms with Crippen LogP contribution >= 0.6 is 0 Å². The lowest BCUT2D eigenvalue weighted by molar-refractivity contribution is 1.31. The van der Waals surface area contributed by atoms with E-state index in [4.69, 9.17) is 0 Å². The maximum atomic E-state index is 4.52. The molecule has 4 rings (SSSR count). The Kier molecular flexibility index (Phi) is 2.08. The second-order valence-corrected chi connectivity index (χ2v) is 4.52. The normalized spacial score (nSPS) is 11.2. The lowest BCUT2D eigenvalue weighted by Gasteiger charge is -2.05. The Morgan fingerprint density at radius 3 is 2.74 bits per heavy atom. The Morgan fingerprint density at radius 1 is 0.842 bits per heavy atom. The molecule has 0 amide bonds. The third kappa shape index (κ3) is 1.74. The Labute approximate surface area is 109 Å². The van der Waals surface area contributed by atoms with Crippen LogP contribution < -0.4 is 5.32 Å². The number of aromatic nitrogens is 3. The van der Waals surface area contributed by atoms with E-state index in [1.807, 2.05) is 30.6 Å². The summed E-state index contributed by atoms with van der Waals surface area (Å²) in [4.78, 5) is 10.8. The van der Waals surface area contributed by atoms with Crippen molar-refractivity contribution in [3.63, 3.8) is 0 Å². The van der Waals surface area contributed by atoms with Crippen molar-refractivity contribution in [3.05, 3.63) is 54.9 Å². The van der Waals surface area contributed by atoms with Crippen LogP contribution in [0.25, 0.3) is 21.9 Å². The second-order valence-electron chi connectivity index (χ2n) is 4.52. The fourth-order valence-electron chi connectivity index (χ4n) is 2.28. The number of fused-ring (bicyclic) bond motifs is 2. The molecule has 4 heteroatoms. The molecular weight excluding hydrogens is 236 g/mol. The first-order valence-corrected chi connectivity index (χ1v) is 6.17. The van der Waals surface area contributed by atoms with Gasteiger partial charge in [-0.15, -0.1) is 0 Å². The van der Waals surface area contributed by atoms with E-state index >= 15 is 0 Å². The minimum Gasteiger partial charge on any atom is -0.361 e. The van der Waals surface area contributed by atoms with Crippen molar-refractivity contribution >= 4 is 33.4 Å². The zero-order valence-corrected chi connectivity index (χ0v) is 10.1. The lowest BCUT2D eigenvalue weighted by Crippen LogP contribution is -1.93. The molecule has 0 spiro atoms. The summed E-state index contributed by atoms with van der Waals surface area (Å²) in [6, 6.07) is 14.3. The van der Waals surface area contributed by atoms with Crippen molar-refractivity contribution in [1.29, 1.82) is 0 Å². The molecule has 0 bridgehead atoms. The van der Waals surface area contributed by atoms with Crippen LogP contribution in [0, 0.1) is 0 Å².